The first kappa shape index (κ1) is 25.0. The number of likely N-dealkylation sites (N-methyl/N-ethyl adjacent to an activating group) is 1. The van der Waals surface area contributed by atoms with Gasteiger partial charge >= 0.3 is 0 Å². The van der Waals surface area contributed by atoms with Gasteiger partial charge in [-0.15, -0.1) is 0 Å². The average molecular weight is 614 g/mol. The molecule has 0 bridgehead atoms. The summed E-state index contributed by atoms with van der Waals surface area (Å²) in [4.78, 5) is 23.6. The molecule has 2 aliphatic rings. The molecule has 1 amide bonds. The second-order valence-corrected chi connectivity index (χ2v) is 10.8. The van der Waals surface area contributed by atoms with Gasteiger partial charge in [-0.05, 0) is 67.0 Å². The number of rotatable bonds is 6. The summed E-state index contributed by atoms with van der Waals surface area (Å²) in [7, 11) is 3.90. The highest BCUT2D eigenvalue weighted by Crippen LogP contribution is 2.50. The van der Waals surface area contributed by atoms with E-state index in [4.69, 9.17) is 16.3 Å². The first-order chi connectivity index (χ1) is 17.4. The summed E-state index contributed by atoms with van der Waals surface area (Å²) in [6.45, 7) is 2.24. The second-order valence-electron chi connectivity index (χ2n) is 9.21. The molecule has 1 aliphatic carbocycles. The van der Waals surface area contributed by atoms with Crippen LogP contribution in [0.4, 0.5) is 17.2 Å². The minimum absolute atomic E-state index is 0.216. The molecule has 9 heteroatoms. The molecule has 1 aliphatic heterocycles. The van der Waals surface area contributed by atoms with Crippen molar-refractivity contribution in [2.45, 2.75) is 0 Å². The van der Waals surface area contributed by atoms with Gasteiger partial charge in [0.2, 0.25) is 5.91 Å². The highest BCUT2D eigenvalue weighted by Gasteiger charge is 2.53. The van der Waals surface area contributed by atoms with E-state index < -0.39 is 0 Å². The number of halogens is 2. The number of carbonyl (C=O) groups is 1. The Morgan fingerprint density at radius 2 is 2.06 bits per heavy atom. The zero-order chi connectivity index (χ0) is 25.2. The lowest BCUT2D eigenvalue weighted by molar-refractivity contribution is -0.111. The van der Waals surface area contributed by atoms with Gasteiger partial charge in [0, 0.05) is 45.0 Å². The van der Waals surface area contributed by atoms with Crippen LogP contribution in [0.15, 0.2) is 48.8 Å². The predicted octanol–water partition coefficient (Wildman–Crippen LogP) is 4.93. The van der Waals surface area contributed by atoms with Gasteiger partial charge in [-0.25, -0.2) is 9.97 Å². The van der Waals surface area contributed by atoms with Crippen LogP contribution >= 0.6 is 34.2 Å². The quantitative estimate of drug-likeness (QED) is 0.233. The van der Waals surface area contributed by atoms with Gasteiger partial charge in [0.15, 0.2) is 0 Å². The lowest BCUT2D eigenvalue weighted by Crippen LogP contribution is -2.13. The van der Waals surface area contributed by atoms with E-state index >= 15 is 0 Å². The van der Waals surface area contributed by atoms with Crippen molar-refractivity contribution in [2.24, 2.45) is 17.8 Å². The Hall–Kier alpha value is -2.71. The van der Waals surface area contributed by atoms with Gasteiger partial charge in [0.1, 0.15) is 12.1 Å². The Bertz CT molecular complexity index is 1400. The summed E-state index contributed by atoms with van der Waals surface area (Å²) < 4.78 is 6.45. The number of amides is 1. The van der Waals surface area contributed by atoms with Crippen molar-refractivity contribution in [2.75, 3.05) is 44.5 Å². The van der Waals surface area contributed by atoms with Crippen molar-refractivity contribution in [1.29, 1.82) is 0 Å². The number of fused-ring (bicyclic) bond motifs is 2. The van der Waals surface area contributed by atoms with Crippen molar-refractivity contribution < 1.29 is 9.53 Å². The van der Waals surface area contributed by atoms with E-state index in [0.29, 0.717) is 40.8 Å². The summed E-state index contributed by atoms with van der Waals surface area (Å²) in [5.41, 5.74) is 2.89. The van der Waals surface area contributed by atoms with Crippen LogP contribution in [0.25, 0.3) is 10.9 Å². The molecular formula is C27H25ClIN5O2. The average Bonchev–Trinajstić information content (AvgIpc) is 3.26. The van der Waals surface area contributed by atoms with Gasteiger partial charge < -0.3 is 20.3 Å². The number of nitrogens with one attached hydrogen (secondary N) is 2. The number of aromatic nitrogens is 2. The smallest absolute Gasteiger partial charge is 0.248 e. The van der Waals surface area contributed by atoms with Crippen molar-refractivity contribution in [3.8, 4) is 11.8 Å². The maximum Gasteiger partial charge on any atom is 0.248 e. The molecule has 2 heterocycles. The van der Waals surface area contributed by atoms with E-state index in [9.17, 15) is 4.79 Å². The summed E-state index contributed by atoms with van der Waals surface area (Å²) in [6, 6.07) is 9.52. The van der Waals surface area contributed by atoms with Gasteiger partial charge in [0.25, 0.3) is 0 Å². The van der Waals surface area contributed by atoms with E-state index in [1.54, 1.807) is 0 Å². The fourth-order valence-corrected chi connectivity index (χ4v) is 4.80. The maximum atomic E-state index is 12.7. The molecule has 1 saturated carbocycles. The Morgan fingerprint density at radius 3 is 2.81 bits per heavy atom. The fourth-order valence-electron chi connectivity index (χ4n) is 4.28. The molecule has 184 valence electrons. The monoisotopic (exact) mass is 613 g/mol. The zero-order valence-electron chi connectivity index (χ0n) is 19.9. The van der Waals surface area contributed by atoms with E-state index in [2.05, 4.69) is 55.0 Å². The van der Waals surface area contributed by atoms with Gasteiger partial charge in [-0.3, -0.25) is 4.79 Å². The third kappa shape index (κ3) is 5.65. The Labute approximate surface area is 228 Å². The highest BCUT2D eigenvalue weighted by molar-refractivity contribution is 14.1. The Morgan fingerprint density at radius 1 is 1.25 bits per heavy atom. The maximum absolute atomic E-state index is 12.7. The second kappa shape index (κ2) is 10.7. The van der Waals surface area contributed by atoms with Crippen LogP contribution in [-0.2, 0) is 9.53 Å². The van der Waals surface area contributed by atoms with Crippen molar-refractivity contribution >= 4 is 68.2 Å². The molecule has 0 spiro atoms. The topological polar surface area (TPSA) is 79.4 Å². The number of hydrogen-bond donors (Lipinski definition) is 2. The summed E-state index contributed by atoms with van der Waals surface area (Å²) in [5.74, 6) is 8.52. The molecule has 3 aromatic rings. The van der Waals surface area contributed by atoms with Crippen molar-refractivity contribution in [3.05, 3.63) is 63.0 Å². The molecule has 2 fully saturated rings. The van der Waals surface area contributed by atoms with Crippen LogP contribution in [0.3, 0.4) is 0 Å². The van der Waals surface area contributed by atoms with Crippen LogP contribution in [0.2, 0.25) is 5.02 Å². The number of carbonyl (C=O) groups excluding carboxylic acids is 1. The van der Waals surface area contributed by atoms with Crippen LogP contribution in [0, 0.1) is 33.2 Å². The molecule has 2 N–H and O–H groups in total. The first-order valence-corrected chi connectivity index (χ1v) is 13.1. The van der Waals surface area contributed by atoms with Gasteiger partial charge in [-0.2, -0.15) is 0 Å². The lowest BCUT2D eigenvalue weighted by atomic mass is 10.1. The van der Waals surface area contributed by atoms with E-state index in [1.165, 1.54) is 12.4 Å². The number of benzene rings is 2. The number of anilines is 3. The Kier molecular flexibility index (Phi) is 7.44. The summed E-state index contributed by atoms with van der Waals surface area (Å²) >= 11 is 8.49. The largest absolute Gasteiger partial charge is 0.381 e. The molecule has 7 nitrogen and oxygen atoms in total. The molecule has 3 atom stereocenters. The number of nitrogens with zero attached hydrogens (tertiary/aromatic N) is 3. The van der Waals surface area contributed by atoms with E-state index in [0.717, 1.165) is 38.9 Å². The molecular weight excluding hydrogens is 589 g/mol. The fraction of sp³-hybridized carbons (Fsp3) is 0.296. The van der Waals surface area contributed by atoms with Crippen molar-refractivity contribution in [1.82, 2.24) is 14.9 Å². The third-order valence-electron chi connectivity index (χ3n) is 6.28. The molecule has 1 saturated heterocycles. The standard InChI is InChI=1S/C27H25ClIN5O2/c1-34(2)9-3-4-26(35)33-24-12-19-25(10-16(24)5-7-18-20-13-36-14-21(18)20)30-15-31-27(19)32-17-6-8-23(29)22(28)11-17/h3-4,6,8,10-12,15,18,20-21H,9,13-14H2,1-2H3,(H,33,35)(H,30,31,32)/b4-3+/t18?,20-,21+. The molecule has 0 radical (unpaired) electrons. The van der Waals surface area contributed by atoms with Crippen LogP contribution in [0.1, 0.15) is 5.56 Å². The van der Waals surface area contributed by atoms with Crippen LogP contribution < -0.4 is 10.6 Å². The molecule has 2 aromatic carbocycles. The summed E-state index contributed by atoms with van der Waals surface area (Å²) in [5, 5.41) is 7.75. The van der Waals surface area contributed by atoms with Gasteiger partial charge in [0.05, 0.1) is 35.0 Å². The lowest BCUT2D eigenvalue weighted by Gasteiger charge is -2.12. The van der Waals surface area contributed by atoms with Crippen LogP contribution in [-0.4, -0.2) is 54.6 Å². The molecule has 1 unspecified atom stereocenters. The van der Waals surface area contributed by atoms with Crippen molar-refractivity contribution in [3.63, 3.8) is 0 Å². The van der Waals surface area contributed by atoms with E-state index in [1.807, 2.05) is 55.4 Å². The third-order valence-corrected chi connectivity index (χ3v) is 7.85. The molecule has 5 rings (SSSR count). The normalized spacial score (nSPS) is 20.3. The predicted molar refractivity (Wildman–Crippen MR) is 151 cm³/mol. The van der Waals surface area contributed by atoms with Gasteiger partial charge in [-0.1, -0.05) is 29.5 Å². The SMILES string of the molecule is CN(C)C/C=C/C(=O)Nc1cc2c(Nc3ccc(I)c(Cl)c3)ncnc2cc1C#CC1[C@H]2COC[C@@H]12. The number of ether oxygens (including phenoxy) is 1. The van der Waals surface area contributed by atoms with Crippen LogP contribution in [0.5, 0.6) is 0 Å². The number of hydrogen-bond acceptors (Lipinski definition) is 6. The minimum Gasteiger partial charge on any atom is -0.381 e. The molecule has 1 aromatic heterocycles. The summed E-state index contributed by atoms with van der Waals surface area (Å²) in [6.07, 6.45) is 4.88. The highest BCUT2D eigenvalue weighted by atomic mass is 127. The Balaban J connectivity index is 1.49. The first-order valence-electron chi connectivity index (χ1n) is 11.6. The van der Waals surface area contributed by atoms with E-state index in [-0.39, 0.29) is 5.91 Å². The zero-order valence-corrected chi connectivity index (χ0v) is 22.8. The minimum atomic E-state index is -0.216. The molecule has 36 heavy (non-hydrogen) atoms.